The van der Waals surface area contributed by atoms with E-state index in [-0.39, 0.29) is 5.91 Å². The minimum Gasteiger partial charge on any atom is -0.388 e. The van der Waals surface area contributed by atoms with Gasteiger partial charge in [-0.05, 0) is 31.1 Å². The van der Waals surface area contributed by atoms with Crippen molar-refractivity contribution in [1.29, 1.82) is 0 Å². The van der Waals surface area contributed by atoms with Crippen LogP contribution in [-0.2, 0) is 4.79 Å². The van der Waals surface area contributed by atoms with Crippen molar-refractivity contribution in [1.82, 2.24) is 5.32 Å². The molecule has 1 aliphatic rings. The zero-order valence-corrected chi connectivity index (χ0v) is 11.9. The second-order valence-electron chi connectivity index (χ2n) is 6.38. The molecule has 0 radical (unpaired) electrons. The van der Waals surface area contributed by atoms with Gasteiger partial charge in [0.25, 0.3) is 0 Å². The maximum Gasteiger partial charge on any atom is 0.237 e. The second-order valence-corrected chi connectivity index (χ2v) is 6.38. The standard InChI is InChI=1S/C14H28N2O2/c1-10(2)7-12(15)13(17)16-9-14(18)6-4-5-11(3)8-14/h10-12,18H,4-9,15H2,1-3H3,(H,16,17). The lowest BCUT2D eigenvalue weighted by molar-refractivity contribution is -0.124. The molecule has 4 N–H and O–H groups in total. The molecule has 3 atom stereocenters. The van der Waals surface area contributed by atoms with E-state index < -0.39 is 11.6 Å². The van der Waals surface area contributed by atoms with Crippen molar-refractivity contribution in [3.05, 3.63) is 0 Å². The molecule has 0 aromatic rings. The van der Waals surface area contributed by atoms with E-state index in [1.807, 2.05) is 13.8 Å². The Morgan fingerprint density at radius 1 is 1.56 bits per heavy atom. The highest BCUT2D eigenvalue weighted by atomic mass is 16.3. The molecule has 0 aliphatic heterocycles. The number of aliphatic hydroxyl groups is 1. The molecule has 0 heterocycles. The quantitative estimate of drug-likeness (QED) is 0.696. The Labute approximate surface area is 110 Å². The van der Waals surface area contributed by atoms with Crippen LogP contribution in [0.4, 0.5) is 0 Å². The summed E-state index contributed by atoms with van der Waals surface area (Å²) in [5.41, 5.74) is 5.08. The number of nitrogens with one attached hydrogen (secondary N) is 1. The summed E-state index contributed by atoms with van der Waals surface area (Å²) in [6.07, 6.45) is 4.43. The van der Waals surface area contributed by atoms with Gasteiger partial charge in [-0.15, -0.1) is 0 Å². The molecule has 1 rings (SSSR count). The first kappa shape index (κ1) is 15.4. The van der Waals surface area contributed by atoms with Gasteiger partial charge >= 0.3 is 0 Å². The van der Waals surface area contributed by atoms with Crippen LogP contribution >= 0.6 is 0 Å². The van der Waals surface area contributed by atoms with Crippen LogP contribution in [0.15, 0.2) is 0 Å². The van der Waals surface area contributed by atoms with Gasteiger partial charge in [0, 0.05) is 6.54 Å². The Kier molecular flexibility index (Phi) is 5.60. The minimum absolute atomic E-state index is 0.143. The van der Waals surface area contributed by atoms with E-state index in [1.54, 1.807) is 0 Å². The highest BCUT2D eigenvalue weighted by molar-refractivity contribution is 5.81. The summed E-state index contributed by atoms with van der Waals surface area (Å²) < 4.78 is 0. The molecule has 106 valence electrons. The van der Waals surface area contributed by atoms with Crippen LogP contribution in [0.3, 0.4) is 0 Å². The van der Waals surface area contributed by atoms with Crippen LogP contribution < -0.4 is 11.1 Å². The number of carbonyl (C=O) groups excluding carboxylic acids is 1. The molecular weight excluding hydrogens is 228 g/mol. The lowest BCUT2D eigenvalue weighted by atomic mass is 9.79. The van der Waals surface area contributed by atoms with Gasteiger partial charge in [0.1, 0.15) is 0 Å². The number of rotatable bonds is 5. The number of hydrogen-bond donors (Lipinski definition) is 3. The summed E-state index contributed by atoms with van der Waals surface area (Å²) in [7, 11) is 0. The molecular formula is C14H28N2O2. The predicted molar refractivity (Wildman–Crippen MR) is 73.0 cm³/mol. The monoisotopic (exact) mass is 256 g/mol. The summed E-state index contributed by atoms with van der Waals surface area (Å²) in [5, 5.41) is 13.2. The average molecular weight is 256 g/mol. The molecule has 0 aromatic carbocycles. The van der Waals surface area contributed by atoms with E-state index in [0.29, 0.717) is 24.8 Å². The highest BCUT2D eigenvalue weighted by Crippen LogP contribution is 2.31. The van der Waals surface area contributed by atoms with Gasteiger partial charge in [-0.2, -0.15) is 0 Å². The van der Waals surface area contributed by atoms with Crippen molar-refractivity contribution >= 4 is 5.91 Å². The molecule has 3 unspecified atom stereocenters. The number of amides is 1. The summed E-state index contributed by atoms with van der Waals surface area (Å²) in [6, 6.07) is -0.463. The largest absolute Gasteiger partial charge is 0.388 e. The van der Waals surface area contributed by atoms with Crippen LogP contribution in [0, 0.1) is 11.8 Å². The van der Waals surface area contributed by atoms with Gasteiger partial charge in [0.2, 0.25) is 5.91 Å². The van der Waals surface area contributed by atoms with Crippen molar-refractivity contribution in [2.24, 2.45) is 17.6 Å². The molecule has 0 spiro atoms. The van der Waals surface area contributed by atoms with E-state index in [0.717, 1.165) is 19.3 Å². The Bertz CT molecular complexity index is 281. The van der Waals surface area contributed by atoms with Crippen LogP contribution in [0.5, 0.6) is 0 Å². The van der Waals surface area contributed by atoms with E-state index >= 15 is 0 Å². The smallest absolute Gasteiger partial charge is 0.237 e. The third kappa shape index (κ3) is 4.94. The SMILES string of the molecule is CC(C)CC(N)C(=O)NCC1(O)CCCC(C)C1. The van der Waals surface area contributed by atoms with Crippen LogP contribution in [0.2, 0.25) is 0 Å². The maximum absolute atomic E-state index is 11.8. The van der Waals surface area contributed by atoms with Gasteiger partial charge in [0.05, 0.1) is 11.6 Å². The van der Waals surface area contributed by atoms with E-state index in [2.05, 4.69) is 12.2 Å². The molecule has 0 bridgehead atoms. The molecule has 0 aromatic heterocycles. The molecule has 1 saturated carbocycles. The fraction of sp³-hybridized carbons (Fsp3) is 0.929. The van der Waals surface area contributed by atoms with Gasteiger partial charge < -0.3 is 16.2 Å². The highest BCUT2D eigenvalue weighted by Gasteiger charge is 2.33. The summed E-state index contributed by atoms with van der Waals surface area (Å²) in [6.45, 7) is 6.57. The third-order valence-corrected chi connectivity index (χ3v) is 3.72. The fourth-order valence-electron chi connectivity index (χ4n) is 2.79. The number of nitrogens with two attached hydrogens (primary N) is 1. The first-order chi connectivity index (χ1) is 8.32. The molecule has 4 heteroatoms. The van der Waals surface area contributed by atoms with Crippen LogP contribution in [0.1, 0.15) is 52.9 Å². The Morgan fingerprint density at radius 2 is 2.22 bits per heavy atom. The van der Waals surface area contributed by atoms with Gasteiger partial charge in [-0.25, -0.2) is 0 Å². The van der Waals surface area contributed by atoms with Crippen LogP contribution in [0.25, 0.3) is 0 Å². The first-order valence-electron chi connectivity index (χ1n) is 7.08. The summed E-state index contributed by atoms with van der Waals surface area (Å²) >= 11 is 0. The van der Waals surface area contributed by atoms with Crippen molar-refractivity contribution < 1.29 is 9.90 Å². The van der Waals surface area contributed by atoms with E-state index in [1.165, 1.54) is 6.42 Å². The fourth-order valence-corrected chi connectivity index (χ4v) is 2.79. The zero-order valence-electron chi connectivity index (χ0n) is 11.9. The molecule has 1 aliphatic carbocycles. The maximum atomic E-state index is 11.8. The summed E-state index contributed by atoms with van der Waals surface area (Å²) in [4.78, 5) is 11.8. The Hall–Kier alpha value is -0.610. The minimum atomic E-state index is -0.731. The zero-order chi connectivity index (χ0) is 13.8. The number of hydrogen-bond acceptors (Lipinski definition) is 3. The summed E-state index contributed by atoms with van der Waals surface area (Å²) in [5.74, 6) is 0.795. The molecule has 0 saturated heterocycles. The van der Waals surface area contributed by atoms with Gasteiger partial charge in [-0.3, -0.25) is 4.79 Å². The van der Waals surface area contributed by atoms with E-state index in [4.69, 9.17) is 5.73 Å². The first-order valence-corrected chi connectivity index (χ1v) is 7.08. The van der Waals surface area contributed by atoms with Gasteiger partial charge in [-0.1, -0.05) is 33.6 Å². The normalized spacial score (nSPS) is 30.2. The van der Waals surface area contributed by atoms with Crippen LogP contribution in [-0.4, -0.2) is 29.2 Å². The lowest BCUT2D eigenvalue weighted by Crippen LogP contribution is -2.50. The number of carbonyl (C=O) groups is 1. The molecule has 18 heavy (non-hydrogen) atoms. The topological polar surface area (TPSA) is 75.4 Å². The Morgan fingerprint density at radius 3 is 2.78 bits per heavy atom. The van der Waals surface area contributed by atoms with Crippen molar-refractivity contribution in [2.75, 3.05) is 6.54 Å². The van der Waals surface area contributed by atoms with Crippen molar-refractivity contribution in [3.8, 4) is 0 Å². The van der Waals surface area contributed by atoms with Crippen molar-refractivity contribution in [2.45, 2.75) is 64.5 Å². The Balaban J connectivity index is 2.37. The third-order valence-electron chi connectivity index (χ3n) is 3.72. The molecule has 1 fully saturated rings. The second kappa shape index (κ2) is 6.53. The molecule has 1 amide bonds. The van der Waals surface area contributed by atoms with Gasteiger partial charge in [0.15, 0.2) is 0 Å². The molecule has 4 nitrogen and oxygen atoms in total. The van der Waals surface area contributed by atoms with E-state index in [9.17, 15) is 9.90 Å². The lowest BCUT2D eigenvalue weighted by Gasteiger charge is -2.35. The van der Waals surface area contributed by atoms with Crippen molar-refractivity contribution in [3.63, 3.8) is 0 Å². The average Bonchev–Trinajstić information content (AvgIpc) is 2.24. The predicted octanol–water partition coefficient (Wildman–Crippen LogP) is 1.42.